The molecule has 0 spiro atoms. The van der Waals surface area contributed by atoms with Crippen molar-refractivity contribution in [2.75, 3.05) is 24.2 Å². The summed E-state index contributed by atoms with van der Waals surface area (Å²) in [5, 5.41) is 3.15. The maximum absolute atomic E-state index is 13.1. The van der Waals surface area contributed by atoms with Crippen LogP contribution >= 0.6 is 0 Å². The van der Waals surface area contributed by atoms with E-state index in [1.165, 1.54) is 12.1 Å². The molecule has 0 aliphatic carbocycles. The highest BCUT2D eigenvalue weighted by molar-refractivity contribution is 5.72. The number of rotatable bonds is 6. The van der Waals surface area contributed by atoms with E-state index in [1.807, 2.05) is 19.1 Å². The molecule has 2 aromatic rings. The predicted octanol–water partition coefficient (Wildman–Crippen LogP) is 3.60. The van der Waals surface area contributed by atoms with Gasteiger partial charge in [0.2, 0.25) is 0 Å². The summed E-state index contributed by atoms with van der Waals surface area (Å²) in [6.07, 6.45) is 0.493. The van der Waals surface area contributed by atoms with Crippen molar-refractivity contribution in [2.45, 2.75) is 13.3 Å². The van der Waals surface area contributed by atoms with Crippen LogP contribution in [-0.4, -0.2) is 13.2 Å². The molecule has 0 aliphatic heterocycles. The molecule has 0 amide bonds. The fourth-order valence-corrected chi connectivity index (χ4v) is 2.08. The van der Waals surface area contributed by atoms with Crippen molar-refractivity contribution in [3.8, 4) is 5.75 Å². The Bertz CT molecular complexity index is 597. The largest absolute Gasteiger partial charge is 0.492 e. The van der Waals surface area contributed by atoms with Crippen LogP contribution in [0.5, 0.6) is 5.75 Å². The van der Waals surface area contributed by atoms with E-state index >= 15 is 0 Å². The highest BCUT2D eigenvalue weighted by atomic mass is 19.1. The summed E-state index contributed by atoms with van der Waals surface area (Å²) in [5.74, 6) is -0.509. The van der Waals surface area contributed by atoms with Gasteiger partial charge in [0, 0.05) is 12.6 Å². The standard InChI is InChI=1S/C16H18F2N2O/c1-2-21-15-5-3-4-14(16(15)19)20-7-6-11-8-12(17)10-13(18)9-11/h3-5,8-10,20H,2,6-7,19H2,1H3. The molecule has 0 unspecified atom stereocenters. The van der Waals surface area contributed by atoms with Crippen molar-refractivity contribution in [2.24, 2.45) is 0 Å². The molecule has 3 nitrogen and oxygen atoms in total. The van der Waals surface area contributed by atoms with Crippen LogP contribution in [0.1, 0.15) is 12.5 Å². The van der Waals surface area contributed by atoms with Crippen LogP contribution in [0.25, 0.3) is 0 Å². The van der Waals surface area contributed by atoms with Crippen LogP contribution in [0.15, 0.2) is 36.4 Å². The van der Waals surface area contributed by atoms with Gasteiger partial charge in [0.1, 0.15) is 17.4 Å². The second-order valence-corrected chi connectivity index (χ2v) is 4.60. The predicted molar refractivity (Wildman–Crippen MR) is 80.6 cm³/mol. The molecule has 112 valence electrons. The summed E-state index contributed by atoms with van der Waals surface area (Å²) in [4.78, 5) is 0. The van der Waals surface area contributed by atoms with Crippen molar-refractivity contribution >= 4 is 11.4 Å². The molecule has 2 rings (SSSR count). The molecule has 0 bridgehead atoms. The zero-order valence-electron chi connectivity index (χ0n) is 11.8. The molecule has 0 radical (unpaired) electrons. The number of benzene rings is 2. The van der Waals surface area contributed by atoms with E-state index in [9.17, 15) is 8.78 Å². The molecule has 0 saturated carbocycles. The van der Waals surface area contributed by atoms with Gasteiger partial charge in [-0.05, 0) is 43.2 Å². The molecule has 3 N–H and O–H groups in total. The fraction of sp³-hybridized carbons (Fsp3) is 0.250. The highest BCUT2D eigenvalue weighted by Crippen LogP contribution is 2.29. The van der Waals surface area contributed by atoms with Crippen LogP contribution in [0, 0.1) is 11.6 Å². The third-order valence-electron chi connectivity index (χ3n) is 3.02. The lowest BCUT2D eigenvalue weighted by Gasteiger charge is -2.13. The van der Waals surface area contributed by atoms with Crippen LogP contribution in [0.2, 0.25) is 0 Å². The average Bonchev–Trinajstić information content (AvgIpc) is 2.42. The molecule has 5 heteroatoms. The quantitative estimate of drug-likeness (QED) is 0.800. The maximum Gasteiger partial charge on any atom is 0.144 e. The Balaban J connectivity index is 1.98. The zero-order valence-corrected chi connectivity index (χ0v) is 11.8. The van der Waals surface area contributed by atoms with E-state index < -0.39 is 11.6 Å². The number of ether oxygens (including phenoxy) is 1. The molecular weight excluding hydrogens is 274 g/mol. The van der Waals surface area contributed by atoms with Gasteiger partial charge >= 0.3 is 0 Å². The van der Waals surface area contributed by atoms with Gasteiger partial charge in [0.25, 0.3) is 0 Å². The number of nitrogens with one attached hydrogen (secondary N) is 1. The summed E-state index contributed by atoms with van der Waals surface area (Å²) in [6, 6.07) is 8.98. The topological polar surface area (TPSA) is 47.3 Å². The van der Waals surface area contributed by atoms with Crippen LogP contribution in [0.3, 0.4) is 0 Å². The van der Waals surface area contributed by atoms with E-state index in [2.05, 4.69) is 5.32 Å². The zero-order chi connectivity index (χ0) is 15.2. The Morgan fingerprint density at radius 2 is 1.86 bits per heavy atom. The lowest BCUT2D eigenvalue weighted by molar-refractivity contribution is 0.342. The number of anilines is 2. The van der Waals surface area contributed by atoms with Crippen LogP contribution in [-0.2, 0) is 6.42 Å². The number of hydrogen-bond donors (Lipinski definition) is 2. The van der Waals surface area contributed by atoms with Gasteiger partial charge in [-0.1, -0.05) is 6.07 Å². The minimum Gasteiger partial charge on any atom is -0.492 e. The molecule has 0 aliphatic rings. The second-order valence-electron chi connectivity index (χ2n) is 4.60. The lowest BCUT2D eigenvalue weighted by atomic mass is 10.1. The van der Waals surface area contributed by atoms with E-state index in [0.29, 0.717) is 36.6 Å². The van der Waals surface area contributed by atoms with Crippen molar-refractivity contribution in [1.82, 2.24) is 0 Å². The Kier molecular flexibility index (Phi) is 4.98. The van der Waals surface area contributed by atoms with Gasteiger partial charge in [0.15, 0.2) is 0 Å². The first-order valence-electron chi connectivity index (χ1n) is 6.80. The van der Waals surface area contributed by atoms with Crippen molar-refractivity contribution in [3.05, 3.63) is 53.6 Å². The van der Waals surface area contributed by atoms with E-state index in [-0.39, 0.29) is 0 Å². The first-order chi connectivity index (χ1) is 10.1. The van der Waals surface area contributed by atoms with Gasteiger partial charge in [0.05, 0.1) is 18.0 Å². The van der Waals surface area contributed by atoms with Crippen LogP contribution < -0.4 is 15.8 Å². The smallest absolute Gasteiger partial charge is 0.144 e. The van der Waals surface area contributed by atoms with E-state index in [1.54, 1.807) is 6.07 Å². The minimum atomic E-state index is -0.567. The van der Waals surface area contributed by atoms with Gasteiger partial charge in [-0.3, -0.25) is 0 Å². The Morgan fingerprint density at radius 3 is 2.52 bits per heavy atom. The molecular formula is C16H18F2N2O. The normalized spacial score (nSPS) is 10.4. The summed E-state index contributed by atoms with van der Waals surface area (Å²) >= 11 is 0. The first kappa shape index (κ1) is 15.1. The summed E-state index contributed by atoms with van der Waals surface area (Å²) in [6.45, 7) is 2.94. The number of hydrogen-bond acceptors (Lipinski definition) is 3. The SMILES string of the molecule is CCOc1cccc(NCCc2cc(F)cc(F)c2)c1N. The third kappa shape index (κ3) is 4.08. The summed E-state index contributed by atoms with van der Waals surface area (Å²) in [7, 11) is 0. The van der Waals surface area contributed by atoms with Crippen molar-refractivity contribution < 1.29 is 13.5 Å². The molecule has 0 aromatic heterocycles. The average molecular weight is 292 g/mol. The third-order valence-corrected chi connectivity index (χ3v) is 3.02. The molecule has 0 fully saturated rings. The summed E-state index contributed by atoms with van der Waals surface area (Å²) in [5.41, 5.74) is 7.87. The lowest BCUT2D eigenvalue weighted by Crippen LogP contribution is -2.08. The number of para-hydroxylation sites is 1. The number of nitrogen functional groups attached to an aromatic ring is 1. The van der Waals surface area contributed by atoms with Gasteiger partial charge < -0.3 is 15.8 Å². The van der Waals surface area contributed by atoms with Gasteiger partial charge in [-0.25, -0.2) is 8.78 Å². The molecule has 0 heterocycles. The Morgan fingerprint density at radius 1 is 1.14 bits per heavy atom. The molecule has 0 atom stereocenters. The van der Waals surface area contributed by atoms with Crippen LogP contribution in [0.4, 0.5) is 20.2 Å². The first-order valence-corrected chi connectivity index (χ1v) is 6.80. The van der Waals surface area contributed by atoms with Gasteiger partial charge in [-0.15, -0.1) is 0 Å². The molecule has 2 aromatic carbocycles. The van der Waals surface area contributed by atoms with E-state index in [0.717, 1.165) is 11.8 Å². The summed E-state index contributed by atoms with van der Waals surface area (Å²) < 4.78 is 31.6. The number of nitrogens with two attached hydrogens (primary N) is 1. The van der Waals surface area contributed by atoms with E-state index in [4.69, 9.17) is 10.5 Å². The Labute approximate surface area is 122 Å². The molecule has 0 saturated heterocycles. The second kappa shape index (κ2) is 6.92. The Hall–Kier alpha value is -2.30. The molecule has 21 heavy (non-hydrogen) atoms. The monoisotopic (exact) mass is 292 g/mol. The highest BCUT2D eigenvalue weighted by Gasteiger charge is 2.06. The number of halogens is 2. The maximum atomic E-state index is 13.1. The minimum absolute atomic E-state index is 0.493. The fourth-order valence-electron chi connectivity index (χ4n) is 2.08. The van der Waals surface area contributed by atoms with Crippen molar-refractivity contribution in [1.29, 1.82) is 0 Å². The van der Waals surface area contributed by atoms with Gasteiger partial charge in [-0.2, -0.15) is 0 Å². The van der Waals surface area contributed by atoms with Crippen molar-refractivity contribution in [3.63, 3.8) is 0 Å².